The number of hydrogen-bond donors (Lipinski definition) is 0. The zero-order chi connectivity index (χ0) is 13.8. The molecule has 0 atom stereocenters. The monoisotopic (exact) mass is 320 g/mol. The van der Waals surface area contributed by atoms with Gasteiger partial charge in [-0.15, -0.1) is 0 Å². The third-order valence-electron chi connectivity index (χ3n) is 3.39. The Morgan fingerprint density at radius 1 is 0.550 bits per heavy atom. The molecule has 0 aliphatic heterocycles. The molecule has 0 fully saturated rings. The minimum absolute atomic E-state index is 1.40. The Balaban J connectivity index is 2.17. The van der Waals surface area contributed by atoms with E-state index in [0.29, 0.717) is 0 Å². The summed E-state index contributed by atoms with van der Waals surface area (Å²) in [5, 5.41) is 0. The molecule has 3 rings (SSSR count). The molecular formula is C19H17As. The summed E-state index contributed by atoms with van der Waals surface area (Å²) in [6, 6.07) is 30.7. The van der Waals surface area contributed by atoms with Gasteiger partial charge in [-0.2, -0.15) is 0 Å². The SMILES string of the molecule is Cc1ccccc1[As](c1ccccc1)c1ccccc1. The molecule has 0 amide bonds. The van der Waals surface area contributed by atoms with Crippen molar-refractivity contribution in [2.75, 3.05) is 0 Å². The fourth-order valence-corrected chi connectivity index (χ4v) is 7.55. The molecule has 3 aromatic rings. The van der Waals surface area contributed by atoms with Crippen molar-refractivity contribution < 1.29 is 0 Å². The van der Waals surface area contributed by atoms with E-state index in [-0.39, 0.29) is 0 Å². The van der Waals surface area contributed by atoms with Crippen molar-refractivity contribution in [1.82, 2.24) is 0 Å². The standard InChI is InChI=1S/C19H17As/c1-16-10-8-9-15-19(16)20(17-11-4-2-5-12-17)18-13-6-3-7-14-18/h2-15H,1H3. The Hall–Kier alpha value is -1.78. The second-order valence-electron chi connectivity index (χ2n) is 4.79. The van der Waals surface area contributed by atoms with E-state index < -0.39 is 14.7 Å². The molecule has 0 aliphatic carbocycles. The Kier molecular flexibility index (Phi) is 4.04. The first-order valence-electron chi connectivity index (χ1n) is 6.82. The summed E-state index contributed by atoms with van der Waals surface area (Å²) in [5.74, 6) is 0. The van der Waals surface area contributed by atoms with Gasteiger partial charge in [0.05, 0.1) is 0 Å². The second kappa shape index (κ2) is 6.11. The van der Waals surface area contributed by atoms with Crippen LogP contribution in [0.25, 0.3) is 0 Å². The Morgan fingerprint density at radius 2 is 1.00 bits per heavy atom. The fraction of sp³-hybridized carbons (Fsp3) is 0.0526. The van der Waals surface area contributed by atoms with Crippen LogP contribution in [0.3, 0.4) is 0 Å². The molecule has 98 valence electrons. The van der Waals surface area contributed by atoms with Gasteiger partial charge in [-0.3, -0.25) is 0 Å². The van der Waals surface area contributed by atoms with E-state index in [1.807, 2.05) is 0 Å². The van der Waals surface area contributed by atoms with Crippen LogP contribution in [0.4, 0.5) is 0 Å². The van der Waals surface area contributed by atoms with Crippen LogP contribution in [0.1, 0.15) is 5.56 Å². The van der Waals surface area contributed by atoms with Gasteiger partial charge in [-0.25, -0.2) is 0 Å². The minimum atomic E-state index is -1.43. The van der Waals surface area contributed by atoms with Crippen molar-refractivity contribution in [1.29, 1.82) is 0 Å². The first-order valence-corrected chi connectivity index (χ1v) is 9.63. The van der Waals surface area contributed by atoms with Crippen LogP contribution in [0.15, 0.2) is 84.9 Å². The molecule has 0 N–H and O–H groups in total. The van der Waals surface area contributed by atoms with Gasteiger partial charge in [-0.1, -0.05) is 0 Å². The van der Waals surface area contributed by atoms with Gasteiger partial charge in [0.1, 0.15) is 0 Å². The van der Waals surface area contributed by atoms with Gasteiger partial charge in [-0.05, 0) is 0 Å². The summed E-state index contributed by atoms with van der Waals surface area (Å²) in [4.78, 5) is 0. The Bertz CT molecular complexity index is 635. The molecule has 0 saturated carbocycles. The van der Waals surface area contributed by atoms with Crippen molar-refractivity contribution in [2.24, 2.45) is 0 Å². The van der Waals surface area contributed by atoms with Gasteiger partial charge in [0.15, 0.2) is 0 Å². The Labute approximate surface area is 125 Å². The van der Waals surface area contributed by atoms with Gasteiger partial charge >= 0.3 is 125 Å². The van der Waals surface area contributed by atoms with E-state index in [0.717, 1.165) is 0 Å². The summed E-state index contributed by atoms with van der Waals surface area (Å²) in [5.41, 5.74) is 1.40. The Morgan fingerprint density at radius 3 is 1.50 bits per heavy atom. The molecule has 0 heterocycles. The zero-order valence-electron chi connectivity index (χ0n) is 11.5. The zero-order valence-corrected chi connectivity index (χ0v) is 13.4. The molecular weight excluding hydrogens is 303 g/mol. The van der Waals surface area contributed by atoms with Crippen LogP contribution in [-0.4, -0.2) is 14.7 Å². The first kappa shape index (κ1) is 13.2. The van der Waals surface area contributed by atoms with Crippen LogP contribution in [-0.2, 0) is 0 Å². The van der Waals surface area contributed by atoms with E-state index in [4.69, 9.17) is 0 Å². The molecule has 1 heteroatoms. The van der Waals surface area contributed by atoms with Crippen molar-refractivity contribution in [3.8, 4) is 0 Å². The van der Waals surface area contributed by atoms with Gasteiger partial charge in [0.25, 0.3) is 0 Å². The number of rotatable bonds is 3. The molecule has 3 aromatic carbocycles. The normalized spacial score (nSPS) is 10.7. The quantitative estimate of drug-likeness (QED) is 0.651. The summed E-state index contributed by atoms with van der Waals surface area (Å²) >= 11 is -1.43. The van der Waals surface area contributed by atoms with Crippen molar-refractivity contribution in [3.63, 3.8) is 0 Å². The summed E-state index contributed by atoms with van der Waals surface area (Å²) in [6.07, 6.45) is 0. The van der Waals surface area contributed by atoms with E-state index in [1.54, 1.807) is 0 Å². The van der Waals surface area contributed by atoms with Crippen LogP contribution < -0.4 is 13.1 Å². The molecule has 0 aromatic heterocycles. The third-order valence-corrected chi connectivity index (χ3v) is 8.87. The fourth-order valence-electron chi connectivity index (χ4n) is 2.40. The average molecular weight is 320 g/mol. The predicted octanol–water partition coefficient (Wildman–Crippen LogP) is 2.51. The van der Waals surface area contributed by atoms with E-state index in [9.17, 15) is 0 Å². The molecule has 0 nitrogen and oxygen atoms in total. The molecule has 20 heavy (non-hydrogen) atoms. The van der Waals surface area contributed by atoms with Crippen molar-refractivity contribution >= 4 is 27.7 Å². The van der Waals surface area contributed by atoms with E-state index in [1.165, 1.54) is 18.6 Å². The van der Waals surface area contributed by atoms with Crippen molar-refractivity contribution in [3.05, 3.63) is 90.5 Å². The molecule has 0 saturated heterocycles. The molecule has 0 radical (unpaired) electrons. The maximum absolute atomic E-state index is 2.30. The van der Waals surface area contributed by atoms with Gasteiger partial charge < -0.3 is 0 Å². The molecule has 0 unspecified atom stereocenters. The first-order chi connectivity index (χ1) is 9.86. The van der Waals surface area contributed by atoms with Crippen LogP contribution >= 0.6 is 0 Å². The molecule has 0 spiro atoms. The van der Waals surface area contributed by atoms with E-state index >= 15 is 0 Å². The predicted molar refractivity (Wildman–Crippen MR) is 88.7 cm³/mol. The maximum atomic E-state index is 2.30. The topological polar surface area (TPSA) is 0 Å². The van der Waals surface area contributed by atoms with Crippen molar-refractivity contribution in [2.45, 2.75) is 6.92 Å². The summed E-state index contributed by atoms with van der Waals surface area (Å²) in [7, 11) is 0. The van der Waals surface area contributed by atoms with Crippen LogP contribution in [0.2, 0.25) is 0 Å². The molecule has 0 bridgehead atoms. The van der Waals surface area contributed by atoms with Crippen LogP contribution in [0.5, 0.6) is 0 Å². The number of hydrogen-bond acceptors (Lipinski definition) is 0. The third kappa shape index (κ3) is 2.71. The summed E-state index contributed by atoms with van der Waals surface area (Å²) in [6.45, 7) is 2.23. The average Bonchev–Trinajstić information content (AvgIpc) is 2.52. The van der Waals surface area contributed by atoms with E-state index in [2.05, 4.69) is 91.9 Å². The second-order valence-corrected chi connectivity index (χ2v) is 9.38. The summed E-state index contributed by atoms with van der Waals surface area (Å²) < 4.78 is 4.50. The number of aryl methyl sites for hydroxylation is 1. The van der Waals surface area contributed by atoms with Gasteiger partial charge in [0, 0.05) is 0 Å². The number of benzene rings is 3. The molecule has 0 aliphatic rings. The van der Waals surface area contributed by atoms with Gasteiger partial charge in [0.2, 0.25) is 0 Å². The van der Waals surface area contributed by atoms with Crippen LogP contribution in [0, 0.1) is 6.92 Å².